The molecule has 7 nitrogen and oxygen atoms in total. The van der Waals surface area contributed by atoms with Crippen LogP contribution in [-0.2, 0) is 25.7 Å². The maximum atomic E-state index is 13.3. The fourth-order valence-corrected chi connectivity index (χ4v) is 5.32. The molecule has 0 saturated carbocycles. The summed E-state index contributed by atoms with van der Waals surface area (Å²) < 4.78 is 71.6. The summed E-state index contributed by atoms with van der Waals surface area (Å²) in [5, 5.41) is 2.68. The van der Waals surface area contributed by atoms with E-state index in [9.17, 15) is 31.2 Å². The van der Waals surface area contributed by atoms with Crippen LogP contribution >= 0.6 is 0 Å². The Morgan fingerprint density at radius 3 is 2.30 bits per heavy atom. The molecule has 0 atom stereocenters. The molecule has 2 aromatic carbocycles. The number of amides is 1. The van der Waals surface area contributed by atoms with Gasteiger partial charge in [-0.1, -0.05) is 24.3 Å². The van der Waals surface area contributed by atoms with Gasteiger partial charge < -0.3 is 10.1 Å². The third-order valence-electron chi connectivity index (χ3n) is 5.32. The van der Waals surface area contributed by atoms with E-state index in [1.807, 2.05) is 0 Å². The van der Waals surface area contributed by atoms with Gasteiger partial charge >= 0.3 is 12.1 Å². The van der Waals surface area contributed by atoms with Crippen LogP contribution in [0.4, 0.5) is 18.9 Å². The summed E-state index contributed by atoms with van der Waals surface area (Å²) in [7, 11) is -4.39. The Labute approximate surface area is 189 Å². The summed E-state index contributed by atoms with van der Waals surface area (Å²) in [6, 6.07) is 10.4. The molecule has 3 rings (SSSR count). The van der Waals surface area contributed by atoms with E-state index in [4.69, 9.17) is 4.74 Å². The van der Waals surface area contributed by atoms with Crippen LogP contribution in [0.3, 0.4) is 0 Å². The largest absolute Gasteiger partial charge is 0.462 e. The molecule has 2 aromatic rings. The quantitative estimate of drug-likeness (QED) is 0.628. The predicted octanol–water partition coefficient (Wildman–Crippen LogP) is 3.92. The number of anilines is 1. The van der Waals surface area contributed by atoms with Crippen molar-refractivity contribution < 1.29 is 35.9 Å². The van der Waals surface area contributed by atoms with Crippen molar-refractivity contribution in [2.75, 3.05) is 25.0 Å². The highest BCUT2D eigenvalue weighted by Gasteiger charge is 2.40. The summed E-state index contributed by atoms with van der Waals surface area (Å²) in [6.45, 7) is 1.62. The van der Waals surface area contributed by atoms with Gasteiger partial charge in [-0.3, -0.25) is 4.79 Å². The van der Waals surface area contributed by atoms with Gasteiger partial charge in [0.25, 0.3) is 0 Å². The summed E-state index contributed by atoms with van der Waals surface area (Å²) in [6.07, 6.45) is -4.56. The van der Waals surface area contributed by atoms with E-state index in [1.54, 1.807) is 25.1 Å². The summed E-state index contributed by atoms with van der Waals surface area (Å²) in [4.78, 5) is 24.0. The molecule has 1 heterocycles. The Kier molecular flexibility index (Phi) is 7.43. The highest BCUT2D eigenvalue weighted by molar-refractivity contribution is 7.89. The number of ether oxygens (including phenoxy) is 1. The zero-order valence-corrected chi connectivity index (χ0v) is 18.6. The number of carbonyl (C=O) groups is 2. The van der Waals surface area contributed by atoms with Crippen molar-refractivity contribution in [1.82, 2.24) is 4.31 Å². The van der Waals surface area contributed by atoms with Crippen LogP contribution in [0.15, 0.2) is 53.4 Å². The van der Waals surface area contributed by atoms with Gasteiger partial charge in [-0.15, -0.1) is 0 Å². The number of esters is 1. The molecule has 1 saturated heterocycles. The first kappa shape index (κ1) is 24.7. The molecular weight excluding hydrogens is 461 g/mol. The van der Waals surface area contributed by atoms with Crippen LogP contribution in [-0.4, -0.2) is 44.3 Å². The molecule has 0 aromatic heterocycles. The highest BCUT2D eigenvalue weighted by atomic mass is 32.2. The molecule has 11 heteroatoms. The number of hydrogen-bond acceptors (Lipinski definition) is 5. The first-order valence-corrected chi connectivity index (χ1v) is 11.7. The Morgan fingerprint density at radius 2 is 1.67 bits per heavy atom. The number of sulfonamides is 1. The fraction of sp³-hybridized carbons (Fsp3) is 0.364. The second-order valence-electron chi connectivity index (χ2n) is 7.43. The van der Waals surface area contributed by atoms with E-state index in [0.717, 1.165) is 22.5 Å². The zero-order chi connectivity index (χ0) is 24.2. The van der Waals surface area contributed by atoms with Gasteiger partial charge in [0, 0.05) is 19.0 Å². The van der Waals surface area contributed by atoms with Gasteiger partial charge in [-0.25, -0.2) is 13.2 Å². The monoisotopic (exact) mass is 484 g/mol. The second kappa shape index (κ2) is 9.92. The van der Waals surface area contributed by atoms with Crippen LogP contribution in [0, 0.1) is 5.92 Å². The van der Waals surface area contributed by atoms with Crippen LogP contribution in [0.5, 0.6) is 0 Å². The number of nitrogens with zero attached hydrogens (tertiary/aromatic N) is 1. The van der Waals surface area contributed by atoms with Crippen molar-refractivity contribution in [2.45, 2.75) is 30.8 Å². The van der Waals surface area contributed by atoms with Crippen LogP contribution in [0.2, 0.25) is 0 Å². The third kappa shape index (κ3) is 5.53. The molecule has 0 bridgehead atoms. The van der Waals surface area contributed by atoms with Gasteiger partial charge in [-0.05, 0) is 44.0 Å². The fourth-order valence-electron chi connectivity index (χ4n) is 3.64. The lowest BCUT2D eigenvalue weighted by molar-refractivity contribution is -0.139. The molecular formula is C22H23F3N2O5S. The maximum Gasteiger partial charge on any atom is 0.417 e. The SMILES string of the molecule is CCOC(=O)c1ccccc1NC(=O)C1CCN(S(=O)(=O)c2ccccc2C(F)(F)F)CC1. The van der Waals surface area contributed by atoms with Gasteiger partial charge in [-0.2, -0.15) is 17.5 Å². The number of piperidine rings is 1. The highest BCUT2D eigenvalue weighted by Crippen LogP contribution is 2.36. The number of halogens is 3. The van der Waals surface area contributed by atoms with Crippen molar-refractivity contribution >= 4 is 27.6 Å². The molecule has 178 valence electrons. The van der Waals surface area contributed by atoms with Gasteiger partial charge in [0.05, 0.1) is 28.3 Å². The first-order valence-electron chi connectivity index (χ1n) is 10.3. The minimum absolute atomic E-state index is 0.105. The average Bonchev–Trinajstić information content (AvgIpc) is 2.79. The van der Waals surface area contributed by atoms with Gasteiger partial charge in [0.15, 0.2) is 0 Å². The number of hydrogen-bond donors (Lipinski definition) is 1. The van der Waals surface area contributed by atoms with Crippen LogP contribution < -0.4 is 5.32 Å². The minimum Gasteiger partial charge on any atom is -0.462 e. The molecule has 1 amide bonds. The topological polar surface area (TPSA) is 92.8 Å². The maximum absolute atomic E-state index is 13.3. The lowest BCUT2D eigenvalue weighted by Gasteiger charge is -2.31. The van der Waals surface area contributed by atoms with Gasteiger partial charge in [0.1, 0.15) is 0 Å². The number of rotatable bonds is 6. The second-order valence-corrected chi connectivity index (χ2v) is 9.33. The van der Waals surface area contributed by atoms with E-state index in [0.29, 0.717) is 0 Å². The van der Waals surface area contributed by atoms with Crippen molar-refractivity contribution in [3.63, 3.8) is 0 Å². The number of para-hydroxylation sites is 1. The van der Waals surface area contributed by atoms with E-state index >= 15 is 0 Å². The van der Waals surface area contributed by atoms with E-state index in [2.05, 4.69) is 5.32 Å². The smallest absolute Gasteiger partial charge is 0.417 e. The summed E-state index contributed by atoms with van der Waals surface area (Å²) in [5.74, 6) is -1.55. The van der Waals surface area contributed by atoms with Crippen LogP contribution in [0.25, 0.3) is 0 Å². The Balaban J connectivity index is 1.70. The minimum atomic E-state index is -4.81. The zero-order valence-electron chi connectivity index (χ0n) is 17.8. The van der Waals surface area contributed by atoms with Crippen molar-refractivity contribution in [3.05, 3.63) is 59.7 Å². The lowest BCUT2D eigenvalue weighted by Crippen LogP contribution is -2.42. The molecule has 0 spiro atoms. The van der Waals surface area contributed by atoms with E-state index in [1.165, 1.54) is 12.1 Å². The summed E-state index contributed by atoms with van der Waals surface area (Å²) in [5.41, 5.74) is -0.757. The van der Waals surface area contributed by atoms with Crippen molar-refractivity contribution in [2.24, 2.45) is 5.92 Å². The lowest BCUT2D eigenvalue weighted by atomic mass is 9.97. The molecule has 1 aliphatic rings. The normalized spacial score (nSPS) is 15.8. The molecule has 1 N–H and O–H groups in total. The van der Waals surface area contributed by atoms with Crippen molar-refractivity contribution in [1.29, 1.82) is 0 Å². The molecule has 0 aliphatic carbocycles. The van der Waals surface area contributed by atoms with Gasteiger partial charge in [0.2, 0.25) is 15.9 Å². The Hall–Kier alpha value is -2.92. The number of nitrogens with one attached hydrogen (secondary N) is 1. The average molecular weight is 484 g/mol. The third-order valence-corrected chi connectivity index (χ3v) is 7.27. The molecule has 1 fully saturated rings. The molecule has 0 unspecified atom stereocenters. The van der Waals surface area contributed by atoms with Crippen molar-refractivity contribution in [3.8, 4) is 0 Å². The standard InChI is InChI=1S/C22H23F3N2O5S/c1-2-32-21(29)16-7-3-5-9-18(16)26-20(28)15-11-13-27(14-12-15)33(30,31)19-10-6-4-8-17(19)22(23,24)25/h3-10,15H,2,11-14H2,1H3,(H,26,28). The van der Waals surface area contributed by atoms with Crippen LogP contribution in [0.1, 0.15) is 35.7 Å². The van der Waals surface area contributed by atoms with E-state index in [-0.39, 0.29) is 43.8 Å². The number of benzene rings is 2. The molecule has 0 radical (unpaired) electrons. The Bertz CT molecular complexity index is 1130. The number of alkyl halides is 3. The number of carbonyl (C=O) groups excluding carboxylic acids is 2. The first-order chi connectivity index (χ1) is 15.6. The molecule has 33 heavy (non-hydrogen) atoms. The molecule has 1 aliphatic heterocycles. The summed E-state index contributed by atoms with van der Waals surface area (Å²) >= 11 is 0. The predicted molar refractivity (Wildman–Crippen MR) is 114 cm³/mol. The van der Waals surface area contributed by atoms with E-state index < -0.39 is 44.5 Å². The Morgan fingerprint density at radius 1 is 1.06 bits per heavy atom.